The van der Waals surface area contributed by atoms with Gasteiger partial charge in [0.2, 0.25) is 0 Å². The third-order valence-electron chi connectivity index (χ3n) is 3.62. The van der Waals surface area contributed by atoms with Gasteiger partial charge in [0.15, 0.2) is 0 Å². The number of hydrogen-bond acceptors (Lipinski definition) is 2. The molecule has 0 heterocycles. The molecule has 1 aliphatic carbocycles. The highest BCUT2D eigenvalue weighted by Crippen LogP contribution is 2.23. The van der Waals surface area contributed by atoms with Crippen molar-refractivity contribution < 1.29 is 9.53 Å². The Morgan fingerprint density at radius 3 is 2.61 bits per heavy atom. The Bertz CT molecular complexity index is 399. The molecule has 0 saturated heterocycles. The van der Waals surface area contributed by atoms with E-state index in [9.17, 15) is 4.79 Å². The van der Waals surface area contributed by atoms with E-state index in [1.54, 1.807) is 19.2 Å². The Morgan fingerprint density at radius 2 is 2.00 bits per heavy atom. The molecule has 0 unspecified atom stereocenters. The summed E-state index contributed by atoms with van der Waals surface area (Å²) in [6.07, 6.45) is 4.71. The summed E-state index contributed by atoms with van der Waals surface area (Å²) in [4.78, 5) is 12.1. The lowest BCUT2D eigenvalue weighted by atomic mass is 9.87. The summed E-state index contributed by atoms with van der Waals surface area (Å²) in [5.41, 5.74) is 0.703. The highest BCUT2D eigenvalue weighted by molar-refractivity contribution is 5.94. The Kier molecular flexibility index (Phi) is 4.24. The minimum atomic E-state index is 0.0248. The normalized spacial score (nSPS) is 23.4. The minimum Gasteiger partial charge on any atom is -0.497 e. The molecule has 3 heteroatoms. The monoisotopic (exact) mass is 247 g/mol. The van der Waals surface area contributed by atoms with Crippen LogP contribution in [0.25, 0.3) is 0 Å². The highest BCUT2D eigenvalue weighted by Gasteiger charge is 2.20. The van der Waals surface area contributed by atoms with E-state index >= 15 is 0 Å². The van der Waals surface area contributed by atoms with Crippen LogP contribution in [0.2, 0.25) is 0 Å². The first-order chi connectivity index (χ1) is 8.69. The smallest absolute Gasteiger partial charge is 0.251 e. The van der Waals surface area contributed by atoms with Crippen molar-refractivity contribution in [3.05, 3.63) is 29.8 Å². The molecule has 1 N–H and O–H groups in total. The van der Waals surface area contributed by atoms with Crippen LogP contribution in [0.4, 0.5) is 0 Å². The maximum Gasteiger partial charge on any atom is 0.251 e. The molecule has 2 rings (SSSR count). The van der Waals surface area contributed by atoms with Crippen molar-refractivity contribution in [2.75, 3.05) is 7.11 Å². The Morgan fingerprint density at radius 1 is 1.28 bits per heavy atom. The van der Waals surface area contributed by atoms with Crippen molar-refractivity contribution in [1.82, 2.24) is 5.32 Å². The summed E-state index contributed by atoms with van der Waals surface area (Å²) in [5, 5.41) is 3.12. The highest BCUT2D eigenvalue weighted by atomic mass is 16.5. The van der Waals surface area contributed by atoms with E-state index in [1.165, 1.54) is 12.8 Å². The van der Waals surface area contributed by atoms with E-state index in [0.717, 1.165) is 24.5 Å². The lowest BCUT2D eigenvalue weighted by Crippen LogP contribution is -2.37. The zero-order valence-electron chi connectivity index (χ0n) is 11.1. The number of ether oxygens (including phenoxy) is 1. The van der Waals surface area contributed by atoms with Crippen LogP contribution >= 0.6 is 0 Å². The number of amides is 1. The molecule has 1 aromatic rings. The molecule has 1 amide bonds. The van der Waals surface area contributed by atoms with Gasteiger partial charge < -0.3 is 10.1 Å². The summed E-state index contributed by atoms with van der Waals surface area (Å²) in [6, 6.07) is 7.58. The summed E-state index contributed by atoms with van der Waals surface area (Å²) >= 11 is 0. The molecular formula is C15H21NO2. The average Bonchev–Trinajstić information content (AvgIpc) is 2.39. The summed E-state index contributed by atoms with van der Waals surface area (Å²) < 4.78 is 5.08. The fourth-order valence-corrected chi connectivity index (χ4v) is 2.58. The topological polar surface area (TPSA) is 38.3 Å². The van der Waals surface area contributed by atoms with Crippen molar-refractivity contribution in [1.29, 1.82) is 0 Å². The van der Waals surface area contributed by atoms with Crippen molar-refractivity contribution in [2.24, 2.45) is 5.92 Å². The van der Waals surface area contributed by atoms with Gasteiger partial charge in [0, 0.05) is 11.6 Å². The third kappa shape index (κ3) is 3.25. The van der Waals surface area contributed by atoms with Crippen LogP contribution in [-0.2, 0) is 0 Å². The second-order valence-corrected chi connectivity index (χ2v) is 5.17. The number of rotatable bonds is 3. The number of benzene rings is 1. The predicted octanol–water partition coefficient (Wildman–Crippen LogP) is 3.00. The maximum atomic E-state index is 12.1. The molecule has 18 heavy (non-hydrogen) atoms. The Balaban J connectivity index is 1.94. The first-order valence-electron chi connectivity index (χ1n) is 6.64. The fourth-order valence-electron chi connectivity index (χ4n) is 2.58. The summed E-state index contributed by atoms with van der Waals surface area (Å²) in [7, 11) is 1.62. The van der Waals surface area contributed by atoms with Crippen LogP contribution in [0.1, 0.15) is 43.0 Å². The van der Waals surface area contributed by atoms with Gasteiger partial charge in [0.25, 0.3) is 5.91 Å². The van der Waals surface area contributed by atoms with Gasteiger partial charge in [-0.15, -0.1) is 0 Å². The van der Waals surface area contributed by atoms with Gasteiger partial charge in [-0.1, -0.05) is 19.8 Å². The van der Waals surface area contributed by atoms with Gasteiger partial charge >= 0.3 is 0 Å². The fraction of sp³-hybridized carbons (Fsp3) is 0.533. The molecule has 3 nitrogen and oxygen atoms in total. The molecule has 0 spiro atoms. The van der Waals surface area contributed by atoms with Crippen molar-refractivity contribution >= 4 is 5.91 Å². The molecule has 1 aliphatic rings. The van der Waals surface area contributed by atoms with Crippen molar-refractivity contribution in [3.8, 4) is 5.75 Å². The number of hydrogen-bond donors (Lipinski definition) is 1. The predicted molar refractivity (Wildman–Crippen MR) is 71.9 cm³/mol. The quantitative estimate of drug-likeness (QED) is 0.891. The molecule has 2 atom stereocenters. The van der Waals surface area contributed by atoms with Crippen molar-refractivity contribution in [2.45, 2.75) is 38.6 Å². The number of methoxy groups -OCH3 is 1. The molecule has 1 fully saturated rings. The molecule has 98 valence electrons. The van der Waals surface area contributed by atoms with Crippen molar-refractivity contribution in [3.63, 3.8) is 0 Å². The van der Waals surface area contributed by atoms with Gasteiger partial charge in [-0.3, -0.25) is 4.79 Å². The SMILES string of the molecule is COc1ccc(C(=O)N[C@H]2CCC[C@@H](C)C2)cc1. The van der Waals surface area contributed by atoms with Crippen LogP contribution in [0, 0.1) is 5.92 Å². The van der Waals surface area contributed by atoms with Crippen LogP contribution in [0.3, 0.4) is 0 Å². The van der Waals surface area contributed by atoms with Crippen LogP contribution < -0.4 is 10.1 Å². The zero-order chi connectivity index (χ0) is 13.0. The lowest BCUT2D eigenvalue weighted by molar-refractivity contribution is 0.0921. The van der Waals surface area contributed by atoms with Gasteiger partial charge in [0.05, 0.1) is 7.11 Å². The average molecular weight is 247 g/mol. The van der Waals surface area contributed by atoms with E-state index in [0.29, 0.717) is 11.6 Å². The third-order valence-corrected chi connectivity index (χ3v) is 3.62. The van der Waals surface area contributed by atoms with Gasteiger partial charge in [-0.2, -0.15) is 0 Å². The molecule has 0 bridgehead atoms. The minimum absolute atomic E-state index is 0.0248. The maximum absolute atomic E-state index is 12.1. The van der Waals surface area contributed by atoms with Gasteiger partial charge in [-0.25, -0.2) is 0 Å². The molecule has 0 aliphatic heterocycles. The second kappa shape index (κ2) is 5.89. The molecular weight excluding hydrogens is 226 g/mol. The first kappa shape index (κ1) is 12.9. The number of carbonyl (C=O) groups is 1. The largest absolute Gasteiger partial charge is 0.497 e. The Labute approximate surface area is 109 Å². The second-order valence-electron chi connectivity index (χ2n) is 5.17. The van der Waals surface area contributed by atoms with Gasteiger partial charge in [-0.05, 0) is 43.0 Å². The molecule has 0 aromatic heterocycles. The van der Waals surface area contributed by atoms with Crippen LogP contribution in [0.15, 0.2) is 24.3 Å². The molecule has 1 saturated carbocycles. The molecule has 0 radical (unpaired) electrons. The lowest BCUT2D eigenvalue weighted by Gasteiger charge is -2.27. The Hall–Kier alpha value is -1.51. The van der Waals surface area contributed by atoms with Crippen LogP contribution in [0.5, 0.6) is 5.75 Å². The van der Waals surface area contributed by atoms with E-state index < -0.39 is 0 Å². The zero-order valence-corrected chi connectivity index (χ0v) is 11.1. The first-order valence-corrected chi connectivity index (χ1v) is 6.64. The van der Waals surface area contributed by atoms with Crippen LogP contribution in [-0.4, -0.2) is 19.1 Å². The number of nitrogens with one attached hydrogen (secondary N) is 1. The number of carbonyl (C=O) groups excluding carboxylic acids is 1. The standard InChI is InChI=1S/C15H21NO2/c1-11-4-3-5-13(10-11)16-15(17)12-6-8-14(18-2)9-7-12/h6-9,11,13H,3-5,10H2,1-2H3,(H,16,17)/t11-,13+/m1/s1. The van der Waals surface area contributed by atoms with Gasteiger partial charge in [0.1, 0.15) is 5.75 Å². The molecule has 1 aromatic carbocycles. The van der Waals surface area contributed by atoms with E-state index in [1.807, 2.05) is 12.1 Å². The van der Waals surface area contributed by atoms with E-state index in [2.05, 4.69) is 12.2 Å². The summed E-state index contributed by atoms with van der Waals surface area (Å²) in [6.45, 7) is 2.26. The van der Waals surface area contributed by atoms with E-state index in [4.69, 9.17) is 4.74 Å². The van der Waals surface area contributed by atoms with E-state index in [-0.39, 0.29) is 5.91 Å². The summed E-state index contributed by atoms with van der Waals surface area (Å²) in [5.74, 6) is 1.52.